The predicted molar refractivity (Wildman–Crippen MR) is 142 cm³/mol. The van der Waals surface area contributed by atoms with E-state index in [0.717, 1.165) is 27.8 Å². The van der Waals surface area contributed by atoms with Gasteiger partial charge in [0, 0.05) is 11.1 Å². The van der Waals surface area contributed by atoms with E-state index < -0.39 is 0 Å². The number of nitrogens with zero attached hydrogens (tertiary/aromatic N) is 3. The van der Waals surface area contributed by atoms with Crippen LogP contribution in [0.5, 0.6) is 0 Å². The van der Waals surface area contributed by atoms with E-state index >= 15 is 0 Å². The average Bonchev–Trinajstić information content (AvgIpc) is 3.11. The lowest BCUT2D eigenvalue weighted by atomic mass is 10.2. The van der Waals surface area contributed by atoms with Gasteiger partial charge < -0.3 is 0 Å². The maximum Gasteiger partial charge on any atom is 0.266 e. The van der Waals surface area contributed by atoms with E-state index in [0.29, 0.717) is 25.5 Å². The van der Waals surface area contributed by atoms with Crippen LogP contribution in [0.4, 0.5) is 4.39 Å². The van der Waals surface area contributed by atoms with Crippen LogP contribution in [0.2, 0.25) is 0 Å². The summed E-state index contributed by atoms with van der Waals surface area (Å²) in [6.07, 6.45) is 3.32. The second kappa shape index (κ2) is 9.77. The van der Waals surface area contributed by atoms with Crippen LogP contribution in [0.3, 0.4) is 0 Å². The van der Waals surface area contributed by atoms with Crippen molar-refractivity contribution in [2.75, 3.05) is 0 Å². The van der Waals surface area contributed by atoms with Crippen LogP contribution in [0.15, 0.2) is 92.5 Å². The van der Waals surface area contributed by atoms with E-state index in [-0.39, 0.29) is 23.8 Å². The molecule has 5 rings (SSSR count). The first-order valence-corrected chi connectivity index (χ1v) is 12.7. The molecule has 9 heteroatoms. The van der Waals surface area contributed by atoms with Crippen molar-refractivity contribution in [3.63, 3.8) is 0 Å². The summed E-state index contributed by atoms with van der Waals surface area (Å²) < 4.78 is 15.1. The van der Waals surface area contributed by atoms with E-state index in [1.165, 1.54) is 33.2 Å². The molecule has 0 spiro atoms. The molecule has 35 heavy (non-hydrogen) atoms. The normalized spacial score (nSPS) is 14.9. The van der Waals surface area contributed by atoms with Gasteiger partial charge in [-0.25, -0.2) is 9.37 Å². The molecule has 5 nitrogen and oxygen atoms in total. The van der Waals surface area contributed by atoms with Crippen LogP contribution >= 0.6 is 35.7 Å². The Morgan fingerprint density at radius 3 is 2.54 bits per heavy atom. The SMILES string of the molecule is Cc1ccc2nc(Sc3ccccc3)c(/C=C3/SC(=S)N(Cc4ccc(F)cc4)C3=O)c(=O)n2c1. The molecule has 1 aliphatic heterocycles. The quantitative estimate of drug-likeness (QED) is 0.192. The average molecular weight is 520 g/mol. The van der Waals surface area contributed by atoms with E-state index in [4.69, 9.17) is 17.2 Å². The van der Waals surface area contributed by atoms with Crippen LogP contribution < -0.4 is 5.56 Å². The number of benzene rings is 2. The monoisotopic (exact) mass is 519 g/mol. The first kappa shape index (κ1) is 23.5. The van der Waals surface area contributed by atoms with Crippen LogP contribution in [-0.2, 0) is 11.3 Å². The molecule has 0 radical (unpaired) electrons. The molecule has 0 N–H and O–H groups in total. The number of aromatic nitrogens is 2. The fraction of sp³-hybridized carbons (Fsp3) is 0.0769. The zero-order valence-electron chi connectivity index (χ0n) is 18.5. The van der Waals surface area contributed by atoms with Gasteiger partial charge in [0.05, 0.1) is 17.0 Å². The molecule has 0 aliphatic carbocycles. The first-order chi connectivity index (χ1) is 16.9. The number of carbonyl (C=O) groups is 1. The molecule has 4 aromatic rings. The van der Waals surface area contributed by atoms with E-state index in [1.807, 2.05) is 43.3 Å². The van der Waals surface area contributed by atoms with Gasteiger partial charge in [0.25, 0.3) is 11.5 Å². The summed E-state index contributed by atoms with van der Waals surface area (Å²) in [6.45, 7) is 2.13. The van der Waals surface area contributed by atoms with Gasteiger partial charge >= 0.3 is 0 Å². The van der Waals surface area contributed by atoms with E-state index in [1.54, 1.807) is 30.5 Å². The number of halogens is 1. The Balaban J connectivity index is 1.56. The topological polar surface area (TPSA) is 54.7 Å². The number of carbonyl (C=O) groups excluding carboxylic acids is 1. The third-order valence-electron chi connectivity index (χ3n) is 5.33. The maximum atomic E-state index is 13.5. The Bertz CT molecular complexity index is 1550. The number of fused-ring (bicyclic) bond motifs is 1. The fourth-order valence-electron chi connectivity index (χ4n) is 3.58. The highest BCUT2D eigenvalue weighted by molar-refractivity contribution is 8.26. The first-order valence-electron chi connectivity index (χ1n) is 10.6. The summed E-state index contributed by atoms with van der Waals surface area (Å²) in [4.78, 5) is 34.2. The van der Waals surface area contributed by atoms with Gasteiger partial charge in [-0.2, -0.15) is 0 Å². The van der Waals surface area contributed by atoms with Gasteiger partial charge in [-0.3, -0.25) is 18.9 Å². The van der Waals surface area contributed by atoms with Gasteiger partial charge in [0.2, 0.25) is 0 Å². The Morgan fingerprint density at radius 1 is 1.06 bits per heavy atom. The summed E-state index contributed by atoms with van der Waals surface area (Å²) in [7, 11) is 0. The number of thioether (sulfide) groups is 1. The smallest absolute Gasteiger partial charge is 0.266 e. The van der Waals surface area contributed by atoms with Crippen molar-refractivity contribution in [1.82, 2.24) is 14.3 Å². The van der Waals surface area contributed by atoms with Crippen molar-refractivity contribution in [3.8, 4) is 0 Å². The predicted octanol–water partition coefficient (Wildman–Crippen LogP) is 5.69. The third-order valence-corrected chi connectivity index (χ3v) is 7.72. The highest BCUT2D eigenvalue weighted by Gasteiger charge is 2.32. The highest BCUT2D eigenvalue weighted by Crippen LogP contribution is 2.35. The lowest BCUT2D eigenvalue weighted by Gasteiger charge is -2.14. The second-order valence-corrected chi connectivity index (χ2v) is 10.6. The molecule has 2 aromatic heterocycles. The van der Waals surface area contributed by atoms with Crippen LogP contribution in [0.1, 0.15) is 16.7 Å². The van der Waals surface area contributed by atoms with Crippen molar-refractivity contribution < 1.29 is 9.18 Å². The molecule has 0 atom stereocenters. The Hall–Kier alpha value is -3.27. The van der Waals surface area contributed by atoms with Crippen molar-refractivity contribution in [2.24, 2.45) is 0 Å². The number of pyridine rings is 1. The highest BCUT2D eigenvalue weighted by atomic mass is 32.2. The van der Waals surface area contributed by atoms with Gasteiger partial charge in [-0.1, -0.05) is 72.1 Å². The van der Waals surface area contributed by atoms with Gasteiger partial charge in [-0.05, 0) is 54.5 Å². The lowest BCUT2D eigenvalue weighted by Crippen LogP contribution is -2.27. The fourth-order valence-corrected chi connectivity index (χ4v) is 5.73. The Labute approximate surface area is 214 Å². The molecule has 0 bridgehead atoms. The summed E-state index contributed by atoms with van der Waals surface area (Å²) in [5.74, 6) is -0.643. The zero-order valence-corrected chi connectivity index (χ0v) is 20.9. The third kappa shape index (κ3) is 4.93. The number of thiocarbonyl (C=S) groups is 1. The molecule has 174 valence electrons. The van der Waals surface area contributed by atoms with Crippen LogP contribution in [0, 0.1) is 12.7 Å². The molecular formula is C26H18FN3O2S3. The van der Waals surface area contributed by atoms with Crippen molar-refractivity contribution in [2.45, 2.75) is 23.4 Å². The van der Waals surface area contributed by atoms with Crippen LogP contribution in [0.25, 0.3) is 11.7 Å². The summed E-state index contributed by atoms with van der Waals surface area (Å²) in [5, 5.41) is 0.508. The Kier molecular flexibility index (Phi) is 6.55. The molecule has 1 aliphatic rings. The van der Waals surface area contributed by atoms with Crippen molar-refractivity contribution >= 4 is 57.7 Å². The van der Waals surface area contributed by atoms with E-state index in [9.17, 15) is 14.0 Å². The lowest BCUT2D eigenvalue weighted by molar-refractivity contribution is -0.122. The largest absolute Gasteiger partial charge is 0.288 e. The molecule has 1 saturated heterocycles. The number of hydrogen-bond donors (Lipinski definition) is 0. The number of hydrogen-bond acceptors (Lipinski definition) is 6. The summed E-state index contributed by atoms with van der Waals surface area (Å²) in [5.41, 5.74) is 2.26. The molecule has 0 unspecified atom stereocenters. The van der Waals surface area contributed by atoms with Gasteiger partial charge in [0.1, 0.15) is 20.8 Å². The zero-order chi connectivity index (χ0) is 24.5. The molecular weight excluding hydrogens is 502 g/mol. The minimum Gasteiger partial charge on any atom is -0.288 e. The number of rotatable bonds is 5. The van der Waals surface area contributed by atoms with Crippen LogP contribution in [-0.4, -0.2) is 24.5 Å². The molecule has 3 heterocycles. The minimum absolute atomic E-state index is 0.224. The minimum atomic E-state index is -0.345. The standard InChI is InChI=1S/C26H18FN3O2S3/c1-16-7-12-22-28-23(34-19-5-3-2-4-6-19)20(24(31)29(22)14-16)13-21-25(32)30(26(33)35-21)15-17-8-10-18(27)11-9-17/h2-14H,15H2,1H3/b21-13+. The molecule has 2 aromatic carbocycles. The maximum absolute atomic E-state index is 13.5. The summed E-state index contributed by atoms with van der Waals surface area (Å²) in [6, 6.07) is 19.3. The molecule has 1 fully saturated rings. The number of aryl methyl sites for hydroxylation is 1. The second-order valence-electron chi connectivity index (χ2n) is 7.88. The molecule has 0 saturated carbocycles. The van der Waals surface area contributed by atoms with Crippen molar-refractivity contribution in [3.05, 3.63) is 111 Å². The van der Waals surface area contributed by atoms with Gasteiger partial charge in [0.15, 0.2) is 0 Å². The Morgan fingerprint density at radius 2 is 1.80 bits per heavy atom. The number of amides is 1. The van der Waals surface area contributed by atoms with Crippen molar-refractivity contribution in [1.29, 1.82) is 0 Å². The van der Waals surface area contributed by atoms with E-state index in [2.05, 4.69) is 0 Å². The van der Waals surface area contributed by atoms with Gasteiger partial charge in [-0.15, -0.1) is 0 Å². The molecule has 1 amide bonds. The summed E-state index contributed by atoms with van der Waals surface area (Å²) >= 11 is 7.96.